The number of hydrogen-bond donors (Lipinski definition) is 1. The van der Waals surface area contributed by atoms with E-state index < -0.39 is 6.23 Å². The molecule has 0 spiro atoms. The maximum absolute atomic E-state index is 9.83. The normalized spacial score (nSPS) is 13.7. The highest BCUT2D eigenvalue weighted by Gasteiger charge is 2.11. The molecule has 1 unspecified atom stereocenters. The van der Waals surface area contributed by atoms with Gasteiger partial charge in [-0.2, -0.15) is 0 Å². The Balaban J connectivity index is 2.46. The zero-order valence-electron chi connectivity index (χ0n) is 9.06. The fourth-order valence-corrected chi connectivity index (χ4v) is 1.52. The second-order valence-electron chi connectivity index (χ2n) is 3.80. The highest BCUT2D eigenvalue weighted by Crippen LogP contribution is 2.21. The van der Waals surface area contributed by atoms with Crippen molar-refractivity contribution in [3.05, 3.63) is 29.7 Å². The van der Waals surface area contributed by atoms with Gasteiger partial charge in [0.15, 0.2) is 11.5 Å². The van der Waals surface area contributed by atoms with Crippen LogP contribution in [-0.2, 0) is 0 Å². The van der Waals surface area contributed by atoms with Crippen LogP contribution in [0, 0.1) is 6.92 Å². The SMILES string of the molecule is Cc1nc2cc(C(O)N(C)C)ccc2o1. The van der Waals surface area contributed by atoms with Crippen LogP contribution in [0.5, 0.6) is 0 Å². The van der Waals surface area contributed by atoms with Crippen molar-refractivity contribution < 1.29 is 9.52 Å². The molecule has 1 N–H and O–H groups in total. The second-order valence-corrected chi connectivity index (χ2v) is 3.80. The lowest BCUT2D eigenvalue weighted by atomic mass is 10.1. The topological polar surface area (TPSA) is 49.5 Å². The molecule has 0 saturated carbocycles. The summed E-state index contributed by atoms with van der Waals surface area (Å²) < 4.78 is 5.36. The molecule has 80 valence electrons. The van der Waals surface area contributed by atoms with Gasteiger partial charge in [0.1, 0.15) is 11.7 Å². The molecule has 0 fully saturated rings. The van der Waals surface area contributed by atoms with Crippen LogP contribution in [-0.4, -0.2) is 29.1 Å². The molecule has 1 atom stereocenters. The molecule has 15 heavy (non-hydrogen) atoms. The minimum atomic E-state index is -0.605. The first-order valence-corrected chi connectivity index (χ1v) is 4.79. The molecular formula is C11H14N2O2. The number of rotatable bonds is 2. The Labute approximate surface area is 88.1 Å². The number of aliphatic hydroxyl groups is 1. The third-order valence-electron chi connectivity index (χ3n) is 2.31. The molecule has 1 aromatic carbocycles. The predicted molar refractivity (Wildman–Crippen MR) is 57.4 cm³/mol. The number of hydrogen-bond acceptors (Lipinski definition) is 4. The summed E-state index contributed by atoms with van der Waals surface area (Å²) in [4.78, 5) is 5.95. The van der Waals surface area contributed by atoms with Gasteiger partial charge in [-0.05, 0) is 31.8 Å². The molecule has 0 aliphatic carbocycles. The summed E-state index contributed by atoms with van der Waals surface area (Å²) in [6.07, 6.45) is -0.605. The highest BCUT2D eigenvalue weighted by atomic mass is 16.3. The Morgan fingerprint density at radius 2 is 2.13 bits per heavy atom. The fourth-order valence-electron chi connectivity index (χ4n) is 1.52. The van der Waals surface area contributed by atoms with Gasteiger partial charge in [-0.25, -0.2) is 4.98 Å². The van der Waals surface area contributed by atoms with Gasteiger partial charge >= 0.3 is 0 Å². The van der Waals surface area contributed by atoms with Crippen molar-refractivity contribution in [3.8, 4) is 0 Å². The minimum Gasteiger partial charge on any atom is -0.441 e. The second kappa shape index (κ2) is 3.64. The van der Waals surface area contributed by atoms with E-state index in [1.807, 2.05) is 39.2 Å². The summed E-state index contributed by atoms with van der Waals surface area (Å²) in [5.41, 5.74) is 2.36. The standard InChI is InChI=1S/C11H14N2O2/c1-7-12-9-6-8(11(14)13(2)3)4-5-10(9)15-7/h4-6,11,14H,1-3H3. The molecule has 0 amide bonds. The van der Waals surface area contributed by atoms with Crippen molar-refractivity contribution >= 4 is 11.1 Å². The fraction of sp³-hybridized carbons (Fsp3) is 0.364. The van der Waals surface area contributed by atoms with Gasteiger partial charge in [0.2, 0.25) is 0 Å². The molecule has 1 heterocycles. The zero-order chi connectivity index (χ0) is 11.0. The van der Waals surface area contributed by atoms with E-state index in [2.05, 4.69) is 4.98 Å². The lowest BCUT2D eigenvalue weighted by Gasteiger charge is -2.18. The number of aromatic nitrogens is 1. The van der Waals surface area contributed by atoms with Gasteiger partial charge in [-0.1, -0.05) is 6.07 Å². The number of benzene rings is 1. The predicted octanol–water partition coefficient (Wildman–Crippen LogP) is 1.69. The van der Waals surface area contributed by atoms with Crippen LogP contribution in [0.15, 0.2) is 22.6 Å². The molecule has 0 radical (unpaired) electrons. The largest absolute Gasteiger partial charge is 0.441 e. The smallest absolute Gasteiger partial charge is 0.192 e. The van der Waals surface area contributed by atoms with Gasteiger partial charge in [-0.3, -0.25) is 4.90 Å². The average molecular weight is 206 g/mol. The van der Waals surface area contributed by atoms with Crippen molar-refractivity contribution in [2.45, 2.75) is 13.2 Å². The van der Waals surface area contributed by atoms with Crippen LogP contribution < -0.4 is 0 Å². The van der Waals surface area contributed by atoms with Crippen molar-refractivity contribution in [2.75, 3.05) is 14.1 Å². The monoisotopic (exact) mass is 206 g/mol. The van der Waals surface area contributed by atoms with Crippen LogP contribution in [0.3, 0.4) is 0 Å². The summed E-state index contributed by atoms with van der Waals surface area (Å²) in [6, 6.07) is 5.52. The first kappa shape index (κ1) is 10.1. The van der Waals surface area contributed by atoms with Crippen LogP contribution in [0.1, 0.15) is 17.7 Å². The molecule has 2 rings (SSSR count). The molecule has 0 saturated heterocycles. The van der Waals surface area contributed by atoms with Crippen LogP contribution in [0.2, 0.25) is 0 Å². The average Bonchev–Trinajstić information content (AvgIpc) is 2.55. The number of aryl methyl sites for hydroxylation is 1. The van der Waals surface area contributed by atoms with Gasteiger partial charge < -0.3 is 9.52 Å². The lowest BCUT2D eigenvalue weighted by Crippen LogP contribution is -2.18. The van der Waals surface area contributed by atoms with E-state index >= 15 is 0 Å². The Morgan fingerprint density at radius 1 is 1.40 bits per heavy atom. The van der Waals surface area contributed by atoms with E-state index in [0.29, 0.717) is 5.89 Å². The number of nitrogens with zero attached hydrogens (tertiary/aromatic N) is 2. The molecule has 2 aromatic rings. The van der Waals surface area contributed by atoms with E-state index in [1.165, 1.54) is 0 Å². The van der Waals surface area contributed by atoms with E-state index in [4.69, 9.17) is 4.42 Å². The van der Waals surface area contributed by atoms with Gasteiger partial charge in [0, 0.05) is 6.92 Å². The molecule has 1 aromatic heterocycles. The van der Waals surface area contributed by atoms with E-state index in [9.17, 15) is 5.11 Å². The first-order valence-electron chi connectivity index (χ1n) is 4.79. The van der Waals surface area contributed by atoms with Crippen LogP contribution >= 0.6 is 0 Å². The Hall–Kier alpha value is -1.39. The van der Waals surface area contributed by atoms with Crippen LogP contribution in [0.4, 0.5) is 0 Å². The maximum Gasteiger partial charge on any atom is 0.192 e. The van der Waals surface area contributed by atoms with Crippen molar-refractivity contribution in [3.63, 3.8) is 0 Å². The maximum atomic E-state index is 9.83. The highest BCUT2D eigenvalue weighted by molar-refractivity contribution is 5.73. The lowest BCUT2D eigenvalue weighted by molar-refractivity contribution is 0.0396. The molecule has 0 aliphatic rings. The van der Waals surface area contributed by atoms with Gasteiger partial charge in [0.25, 0.3) is 0 Å². The molecule has 4 nitrogen and oxygen atoms in total. The van der Waals surface area contributed by atoms with E-state index in [1.54, 1.807) is 4.90 Å². The van der Waals surface area contributed by atoms with Gasteiger partial charge in [0.05, 0.1) is 0 Å². The number of aliphatic hydroxyl groups excluding tert-OH is 1. The van der Waals surface area contributed by atoms with Crippen molar-refractivity contribution in [1.29, 1.82) is 0 Å². The Morgan fingerprint density at radius 3 is 2.80 bits per heavy atom. The molecule has 4 heteroatoms. The van der Waals surface area contributed by atoms with Gasteiger partial charge in [-0.15, -0.1) is 0 Å². The summed E-state index contributed by atoms with van der Waals surface area (Å²) in [6.45, 7) is 1.81. The summed E-state index contributed by atoms with van der Waals surface area (Å²) in [5.74, 6) is 0.640. The molecule has 0 bridgehead atoms. The Bertz CT molecular complexity index is 476. The summed E-state index contributed by atoms with van der Waals surface area (Å²) in [7, 11) is 3.64. The van der Waals surface area contributed by atoms with Crippen molar-refractivity contribution in [2.24, 2.45) is 0 Å². The summed E-state index contributed by atoms with van der Waals surface area (Å²) >= 11 is 0. The van der Waals surface area contributed by atoms with Crippen LogP contribution in [0.25, 0.3) is 11.1 Å². The van der Waals surface area contributed by atoms with Crippen molar-refractivity contribution in [1.82, 2.24) is 9.88 Å². The third-order valence-corrected chi connectivity index (χ3v) is 2.31. The van der Waals surface area contributed by atoms with E-state index in [-0.39, 0.29) is 0 Å². The number of fused-ring (bicyclic) bond motifs is 1. The zero-order valence-corrected chi connectivity index (χ0v) is 9.06. The molecule has 0 aliphatic heterocycles. The first-order chi connectivity index (χ1) is 7.08. The van der Waals surface area contributed by atoms with E-state index in [0.717, 1.165) is 16.7 Å². The third kappa shape index (κ3) is 1.86. The minimum absolute atomic E-state index is 0.605. The summed E-state index contributed by atoms with van der Waals surface area (Å²) in [5, 5.41) is 9.83. The molecular weight excluding hydrogens is 192 g/mol. The number of oxazole rings is 1. The Kier molecular flexibility index (Phi) is 2.46. The quantitative estimate of drug-likeness (QED) is 0.760.